The van der Waals surface area contributed by atoms with E-state index in [4.69, 9.17) is 0 Å². The van der Waals surface area contributed by atoms with E-state index in [0.29, 0.717) is 17.5 Å². The predicted octanol–water partition coefficient (Wildman–Crippen LogP) is 3.07. The second-order valence-electron chi connectivity index (χ2n) is 8.04. The average molecular weight is 238 g/mol. The molecule has 2 aliphatic rings. The van der Waals surface area contributed by atoms with Gasteiger partial charge < -0.3 is 10.6 Å². The molecule has 1 atom stereocenters. The molecule has 1 unspecified atom stereocenters. The summed E-state index contributed by atoms with van der Waals surface area (Å²) in [5.41, 5.74) is 1.09. The van der Waals surface area contributed by atoms with E-state index in [1.807, 2.05) is 0 Å². The average Bonchev–Trinajstić information content (AvgIpc) is 2.78. The standard InChI is InChI=1S/C15H30N2/c1-11(15(6)7-8-15)16-12-9-13(2,3)17-14(4,5)10-12/h11-12,16-17H,7-10H2,1-6H3. The Morgan fingerprint density at radius 2 is 1.47 bits per heavy atom. The maximum absolute atomic E-state index is 3.89. The van der Waals surface area contributed by atoms with Crippen LogP contribution >= 0.6 is 0 Å². The summed E-state index contributed by atoms with van der Waals surface area (Å²) in [6.07, 6.45) is 5.27. The van der Waals surface area contributed by atoms with Gasteiger partial charge in [0.15, 0.2) is 0 Å². The zero-order chi connectivity index (χ0) is 12.9. The van der Waals surface area contributed by atoms with Gasteiger partial charge in [0.2, 0.25) is 0 Å². The minimum atomic E-state index is 0.254. The van der Waals surface area contributed by atoms with Crippen molar-refractivity contribution in [3.63, 3.8) is 0 Å². The van der Waals surface area contributed by atoms with Gasteiger partial charge in [0.25, 0.3) is 0 Å². The van der Waals surface area contributed by atoms with Gasteiger partial charge in [-0.3, -0.25) is 0 Å². The fourth-order valence-electron chi connectivity index (χ4n) is 3.63. The van der Waals surface area contributed by atoms with E-state index in [-0.39, 0.29) is 11.1 Å². The minimum Gasteiger partial charge on any atom is -0.311 e. The number of hydrogen-bond acceptors (Lipinski definition) is 2. The van der Waals surface area contributed by atoms with Crippen molar-refractivity contribution < 1.29 is 0 Å². The Morgan fingerprint density at radius 3 is 1.88 bits per heavy atom. The lowest BCUT2D eigenvalue weighted by molar-refractivity contribution is 0.133. The maximum atomic E-state index is 3.89. The van der Waals surface area contributed by atoms with Crippen molar-refractivity contribution >= 4 is 0 Å². The second kappa shape index (κ2) is 3.96. The lowest BCUT2D eigenvalue weighted by Crippen LogP contribution is -2.62. The Balaban J connectivity index is 1.96. The first-order chi connectivity index (χ1) is 7.62. The third-order valence-corrected chi connectivity index (χ3v) is 4.76. The zero-order valence-corrected chi connectivity index (χ0v) is 12.5. The fourth-order valence-corrected chi connectivity index (χ4v) is 3.63. The van der Waals surface area contributed by atoms with Crippen LogP contribution in [0.2, 0.25) is 0 Å². The van der Waals surface area contributed by atoms with Gasteiger partial charge in [0.1, 0.15) is 0 Å². The van der Waals surface area contributed by atoms with Gasteiger partial charge in [-0.05, 0) is 65.7 Å². The van der Waals surface area contributed by atoms with Crippen LogP contribution in [0.25, 0.3) is 0 Å². The molecule has 0 aromatic heterocycles. The van der Waals surface area contributed by atoms with Crippen molar-refractivity contribution in [1.82, 2.24) is 10.6 Å². The summed E-state index contributed by atoms with van der Waals surface area (Å²) in [5.74, 6) is 0. The Bertz CT molecular complexity index is 273. The number of piperidine rings is 1. The van der Waals surface area contributed by atoms with Crippen LogP contribution in [0.5, 0.6) is 0 Å². The molecule has 2 fully saturated rings. The van der Waals surface area contributed by atoms with Crippen LogP contribution in [-0.2, 0) is 0 Å². The molecule has 17 heavy (non-hydrogen) atoms. The summed E-state index contributed by atoms with van der Waals surface area (Å²) in [4.78, 5) is 0. The van der Waals surface area contributed by atoms with Crippen molar-refractivity contribution in [1.29, 1.82) is 0 Å². The molecule has 1 heterocycles. The van der Waals surface area contributed by atoms with Gasteiger partial charge in [-0.15, -0.1) is 0 Å². The van der Waals surface area contributed by atoms with Crippen LogP contribution in [0.3, 0.4) is 0 Å². The SMILES string of the molecule is CC(NC1CC(C)(C)NC(C)(C)C1)C1(C)CC1. The Morgan fingerprint density at radius 1 is 1.00 bits per heavy atom. The highest BCUT2D eigenvalue weighted by atomic mass is 15.1. The highest BCUT2D eigenvalue weighted by Gasteiger charge is 2.45. The number of hydrogen-bond donors (Lipinski definition) is 2. The van der Waals surface area contributed by atoms with Crippen molar-refractivity contribution in [3.05, 3.63) is 0 Å². The van der Waals surface area contributed by atoms with Gasteiger partial charge in [0.05, 0.1) is 0 Å². The topological polar surface area (TPSA) is 24.1 Å². The normalized spacial score (nSPS) is 32.1. The zero-order valence-electron chi connectivity index (χ0n) is 12.5. The highest BCUT2D eigenvalue weighted by Crippen LogP contribution is 2.48. The van der Waals surface area contributed by atoms with Gasteiger partial charge in [-0.1, -0.05) is 6.92 Å². The minimum absolute atomic E-state index is 0.254. The van der Waals surface area contributed by atoms with Crippen LogP contribution in [0.4, 0.5) is 0 Å². The lowest BCUT2D eigenvalue weighted by atomic mass is 9.79. The van der Waals surface area contributed by atoms with E-state index in [2.05, 4.69) is 52.2 Å². The summed E-state index contributed by atoms with van der Waals surface area (Å²) in [7, 11) is 0. The van der Waals surface area contributed by atoms with E-state index in [1.54, 1.807) is 0 Å². The molecule has 2 N–H and O–H groups in total. The van der Waals surface area contributed by atoms with Crippen LogP contribution in [0.1, 0.15) is 67.2 Å². The first-order valence-electron chi connectivity index (χ1n) is 7.17. The molecule has 0 amide bonds. The summed E-state index contributed by atoms with van der Waals surface area (Å²) in [6, 6.07) is 1.32. The van der Waals surface area contributed by atoms with Gasteiger partial charge in [-0.2, -0.15) is 0 Å². The predicted molar refractivity (Wildman–Crippen MR) is 74.3 cm³/mol. The summed E-state index contributed by atoms with van der Waals surface area (Å²) in [6.45, 7) is 14.1. The van der Waals surface area contributed by atoms with Crippen LogP contribution < -0.4 is 10.6 Å². The van der Waals surface area contributed by atoms with Crippen molar-refractivity contribution in [2.75, 3.05) is 0 Å². The van der Waals surface area contributed by atoms with Crippen LogP contribution in [0, 0.1) is 5.41 Å². The highest BCUT2D eigenvalue weighted by molar-refractivity contribution is 5.03. The molecule has 0 bridgehead atoms. The first kappa shape index (κ1) is 13.4. The van der Waals surface area contributed by atoms with Crippen molar-refractivity contribution in [2.24, 2.45) is 5.41 Å². The summed E-state index contributed by atoms with van der Waals surface area (Å²) >= 11 is 0. The molecule has 0 aromatic carbocycles. The van der Waals surface area contributed by atoms with Crippen LogP contribution in [-0.4, -0.2) is 23.2 Å². The largest absolute Gasteiger partial charge is 0.311 e. The van der Waals surface area contributed by atoms with Crippen molar-refractivity contribution in [2.45, 2.75) is 90.4 Å². The number of rotatable bonds is 3. The molecule has 0 radical (unpaired) electrons. The van der Waals surface area contributed by atoms with Gasteiger partial charge >= 0.3 is 0 Å². The third kappa shape index (κ3) is 3.23. The molecule has 1 aliphatic heterocycles. The molecule has 1 aliphatic carbocycles. The smallest absolute Gasteiger partial charge is 0.0144 e. The molecular formula is C15H30N2. The maximum Gasteiger partial charge on any atom is 0.0144 e. The number of nitrogens with one attached hydrogen (secondary N) is 2. The molecule has 2 nitrogen and oxygen atoms in total. The molecule has 1 saturated carbocycles. The van der Waals surface area contributed by atoms with Crippen LogP contribution in [0.15, 0.2) is 0 Å². The quantitative estimate of drug-likeness (QED) is 0.789. The van der Waals surface area contributed by atoms with E-state index in [1.165, 1.54) is 25.7 Å². The van der Waals surface area contributed by atoms with Crippen molar-refractivity contribution in [3.8, 4) is 0 Å². The Labute approximate surface area is 107 Å². The molecule has 0 spiro atoms. The molecule has 2 rings (SSSR count). The first-order valence-corrected chi connectivity index (χ1v) is 7.17. The second-order valence-corrected chi connectivity index (χ2v) is 8.04. The summed E-state index contributed by atoms with van der Waals surface area (Å²) in [5, 5.41) is 7.64. The van der Waals surface area contributed by atoms with E-state index in [9.17, 15) is 0 Å². The fraction of sp³-hybridized carbons (Fsp3) is 1.00. The summed E-state index contributed by atoms with van der Waals surface area (Å²) < 4.78 is 0. The molecule has 0 aromatic rings. The van der Waals surface area contributed by atoms with E-state index < -0.39 is 0 Å². The Hall–Kier alpha value is -0.0800. The molecule has 2 heteroatoms. The third-order valence-electron chi connectivity index (χ3n) is 4.76. The van der Waals surface area contributed by atoms with E-state index in [0.717, 1.165) is 0 Å². The monoisotopic (exact) mass is 238 g/mol. The molecule has 1 saturated heterocycles. The molecular weight excluding hydrogens is 208 g/mol. The Kier molecular flexibility index (Phi) is 3.11. The lowest BCUT2D eigenvalue weighted by Gasteiger charge is -2.47. The van der Waals surface area contributed by atoms with Gasteiger partial charge in [-0.25, -0.2) is 0 Å². The van der Waals surface area contributed by atoms with E-state index >= 15 is 0 Å². The van der Waals surface area contributed by atoms with Gasteiger partial charge in [0, 0.05) is 23.2 Å². The molecule has 100 valence electrons.